The van der Waals surface area contributed by atoms with Crippen molar-refractivity contribution in [1.29, 1.82) is 0 Å². The lowest BCUT2D eigenvalue weighted by atomic mass is 10.0. The molecule has 0 bridgehead atoms. The van der Waals surface area contributed by atoms with Crippen LogP contribution in [-0.2, 0) is 0 Å². The topological polar surface area (TPSA) is 41.5 Å². The molecule has 0 radical (unpaired) electrons. The maximum absolute atomic E-state index is 9.69. The van der Waals surface area contributed by atoms with Crippen molar-refractivity contribution >= 4 is 0 Å². The van der Waals surface area contributed by atoms with E-state index in [4.69, 9.17) is 4.74 Å². The normalized spacial score (nSPS) is 13.5. The van der Waals surface area contributed by atoms with Crippen molar-refractivity contribution in [1.82, 2.24) is 5.32 Å². The average molecular weight is 237 g/mol. The molecule has 0 amide bonds. The molecule has 0 saturated carbocycles. The molecule has 3 heteroatoms. The summed E-state index contributed by atoms with van der Waals surface area (Å²) in [5, 5.41) is 12.9. The molecule has 3 nitrogen and oxygen atoms in total. The van der Waals surface area contributed by atoms with Gasteiger partial charge in [0.25, 0.3) is 0 Å². The molecule has 1 rings (SSSR count). The molecule has 0 fully saturated rings. The minimum atomic E-state index is -0.816. The van der Waals surface area contributed by atoms with E-state index in [0.717, 1.165) is 16.9 Å². The van der Waals surface area contributed by atoms with Crippen LogP contribution in [0.4, 0.5) is 0 Å². The molecule has 17 heavy (non-hydrogen) atoms. The number of aliphatic hydroxyl groups is 1. The lowest BCUT2D eigenvalue weighted by Gasteiger charge is -2.21. The molecule has 0 aromatic heterocycles. The van der Waals surface area contributed by atoms with Crippen LogP contribution in [0.15, 0.2) is 18.2 Å². The summed E-state index contributed by atoms with van der Waals surface area (Å²) in [6.45, 7) is 7.89. The number of ether oxygens (including phenoxy) is 1. The number of hydrogen-bond donors (Lipinski definition) is 2. The van der Waals surface area contributed by atoms with Crippen LogP contribution in [0.25, 0.3) is 0 Å². The summed E-state index contributed by atoms with van der Waals surface area (Å²) in [5.74, 6) is 0.842. The van der Waals surface area contributed by atoms with E-state index >= 15 is 0 Å². The quantitative estimate of drug-likeness (QED) is 0.826. The highest BCUT2D eigenvalue weighted by Gasteiger charge is 2.16. The van der Waals surface area contributed by atoms with E-state index in [9.17, 15) is 5.11 Å². The molecule has 1 unspecified atom stereocenters. The number of rotatable bonds is 5. The first-order chi connectivity index (χ1) is 7.83. The molecular formula is C14H23NO2. The maximum atomic E-state index is 9.69. The minimum Gasteiger partial charge on any atom is -0.490 e. The Morgan fingerprint density at radius 2 is 2.06 bits per heavy atom. The second-order valence-corrected chi connectivity index (χ2v) is 5.15. The van der Waals surface area contributed by atoms with Gasteiger partial charge in [0.1, 0.15) is 12.4 Å². The Labute approximate surface area is 104 Å². The van der Waals surface area contributed by atoms with E-state index < -0.39 is 5.60 Å². The monoisotopic (exact) mass is 237 g/mol. The predicted molar refractivity (Wildman–Crippen MR) is 70.4 cm³/mol. The van der Waals surface area contributed by atoms with Gasteiger partial charge in [-0.2, -0.15) is 0 Å². The summed E-state index contributed by atoms with van der Waals surface area (Å²) < 4.78 is 5.72. The first kappa shape index (κ1) is 14.0. The summed E-state index contributed by atoms with van der Waals surface area (Å²) in [4.78, 5) is 0. The molecule has 0 heterocycles. The zero-order valence-electron chi connectivity index (χ0n) is 11.4. The lowest BCUT2D eigenvalue weighted by Crippen LogP contribution is -2.28. The van der Waals surface area contributed by atoms with Gasteiger partial charge in [0.15, 0.2) is 0 Å². The Morgan fingerprint density at radius 1 is 1.41 bits per heavy atom. The summed E-state index contributed by atoms with van der Waals surface area (Å²) in [6.07, 6.45) is 0. The number of benzene rings is 1. The van der Waals surface area contributed by atoms with Gasteiger partial charge >= 0.3 is 0 Å². The second-order valence-electron chi connectivity index (χ2n) is 5.15. The third kappa shape index (κ3) is 4.36. The molecule has 1 atom stereocenters. The van der Waals surface area contributed by atoms with Crippen LogP contribution in [0.1, 0.15) is 37.9 Å². The predicted octanol–water partition coefficient (Wildman–Crippen LogP) is 2.43. The molecule has 2 N–H and O–H groups in total. The third-order valence-electron chi connectivity index (χ3n) is 2.65. The van der Waals surface area contributed by atoms with Gasteiger partial charge in [0.2, 0.25) is 0 Å². The summed E-state index contributed by atoms with van der Waals surface area (Å²) >= 11 is 0. The summed E-state index contributed by atoms with van der Waals surface area (Å²) in [5.41, 5.74) is 1.45. The first-order valence-corrected chi connectivity index (χ1v) is 5.96. The summed E-state index contributed by atoms with van der Waals surface area (Å²) in [7, 11) is 1.92. The zero-order valence-corrected chi connectivity index (χ0v) is 11.4. The largest absolute Gasteiger partial charge is 0.490 e. The fraction of sp³-hybridized carbons (Fsp3) is 0.571. The zero-order chi connectivity index (χ0) is 13.1. The number of nitrogens with one attached hydrogen (secondary N) is 1. The molecule has 0 spiro atoms. The van der Waals surface area contributed by atoms with Crippen LogP contribution in [0.2, 0.25) is 0 Å². The smallest absolute Gasteiger partial charge is 0.124 e. The summed E-state index contributed by atoms with van der Waals surface area (Å²) in [6, 6.07) is 6.37. The Hall–Kier alpha value is -1.06. The van der Waals surface area contributed by atoms with Gasteiger partial charge in [-0.25, -0.2) is 0 Å². The van der Waals surface area contributed by atoms with E-state index in [2.05, 4.69) is 24.4 Å². The minimum absolute atomic E-state index is 0.229. The van der Waals surface area contributed by atoms with Gasteiger partial charge in [0.05, 0.1) is 5.60 Å². The van der Waals surface area contributed by atoms with E-state index in [1.54, 1.807) is 13.8 Å². The van der Waals surface area contributed by atoms with Crippen molar-refractivity contribution in [2.75, 3.05) is 13.7 Å². The Morgan fingerprint density at radius 3 is 2.59 bits per heavy atom. The second kappa shape index (κ2) is 5.52. The van der Waals surface area contributed by atoms with Crippen molar-refractivity contribution in [3.63, 3.8) is 0 Å². The first-order valence-electron chi connectivity index (χ1n) is 5.96. The molecule has 96 valence electrons. The van der Waals surface area contributed by atoms with Gasteiger partial charge in [-0.15, -0.1) is 0 Å². The molecule has 1 aromatic carbocycles. The van der Waals surface area contributed by atoms with Gasteiger partial charge in [0, 0.05) is 11.6 Å². The van der Waals surface area contributed by atoms with Gasteiger partial charge < -0.3 is 15.2 Å². The van der Waals surface area contributed by atoms with Crippen LogP contribution in [0.5, 0.6) is 5.75 Å². The van der Waals surface area contributed by atoms with Crippen molar-refractivity contribution in [2.45, 2.75) is 39.3 Å². The van der Waals surface area contributed by atoms with Crippen LogP contribution in [-0.4, -0.2) is 24.4 Å². The highest BCUT2D eigenvalue weighted by atomic mass is 16.5. The third-order valence-corrected chi connectivity index (χ3v) is 2.65. The fourth-order valence-electron chi connectivity index (χ4n) is 1.53. The fourth-order valence-corrected chi connectivity index (χ4v) is 1.53. The lowest BCUT2D eigenvalue weighted by molar-refractivity contribution is 0.0280. The van der Waals surface area contributed by atoms with Crippen molar-refractivity contribution < 1.29 is 9.84 Å². The standard InChI is InChI=1S/C14H23NO2/c1-10-6-7-12(11(2)15-5)13(8-10)17-9-14(3,4)16/h6-8,11,15-16H,9H2,1-5H3. The molecular weight excluding hydrogens is 214 g/mol. The van der Waals surface area contributed by atoms with Crippen molar-refractivity contribution in [3.8, 4) is 5.75 Å². The van der Waals surface area contributed by atoms with E-state index in [1.807, 2.05) is 20.0 Å². The Bertz CT molecular complexity index is 369. The van der Waals surface area contributed by atoms with Gasteiger partial charge in [-0.3, -0.25) is 0 Å². The average Bonchev–Trinajstić information content (AvgIpc) is 2.24. The molecule has 0 saturated heterocycles. The van der Waals surface area contributed by atoms with Crippen LogP contribution in [0, 0.1) is 6.92 Å². The highest BCUT2D eigenvalue weighted by Crippen LogP contribution is 2.26. The van der Waals surface area contributed by atoms with E-state index in [-0.39, 0.29) is 6.04 Å². The van der Waals surface area contributed by atoms with Crippen LogP contribution < -0.4 is 10.1 Å². The van der Waals surface area contributed by atoms with Crippen LogP contribution in [0.3, 0.4) is 0 Å². The molecule has 0 aliphatic carbocycles. The van der Waals surface area contributed by atoms with Gasteiger partial charge in [-0.05, 0) is 46.4 Å². The van der Waals surface area contributed by atoms with E-state index in [0.29, 0.717) is 6.61 Å². The van der Waals surface area contributed by atoms with Gasteiger partial charge in [-0.1, -0.05) is 12.1 Å². The van der Waals surface area contributed by atoms with E-state index in [1.165, 1.54) is 0 Å². The maximum Gasteiger partial charge on any atom is 0.124 e. The Balaban J connectivity index is 2.91. The SMILES string of the molecule is CNC(C)c1ccc(C)cc1OCC(C)(C)O. The Kier molecular flexibility index (Phi) is 4.54. The van der Waals surface area contributed by atoms with Crippen molar-refractivity contribution in [2.24, 2.45) is 0 Å². The molecule has 1 aromatic rings. The molecule has 0 aliphatic rings. The van der Waals surface area contributed by atoms with Crippen molar-refractivity contribution in [3.05, 3.63) is 29.3 Å². The number of hydrogen-bond acceptors (Lipinski definition) is 3. The number of aryl methyl sites for hydroxylation is 1. The van der Waals surface area contributed by atoms with Crippen LogP contribution >= 0.6 is 0 Å². The highest BCUT2D eigenvalue weighted by molar-refractivity contribution is 5.39. The molecule has 0 aliphatic heterocycles.